The van der Waals surface area contributed by atoms with Gasteiger partial charge in [-0.2, -0.15) is 0 Å². The van der Waals surface area contributed by atoms with E-state index in [1.165, 1.54) is 0 Å². The van der Waals surface area contributed by atoms with E-state index in [9.17, 15) is 4.79 Å². The second kappa shape index (κ2) is 3.69. The summed E-state index contributed by atoms with van der Waals surface area (Å²) < 4.78 is 0. The van der Waals surface area contributed by atoms with Crippen molar-refractivity contribution < 1.29 is 5.11 Å². The predicted molar refractivity (Wildman–Crippen MR) is 57.9 cm³/mol. The standard InChI is InChI=1S/C9H10ClN3O2/c10-5-2-8-7(12-9(15)13-8)1-4(5)6(11)3-14/h1-2,6,14H,3,11H2,(H2,12,13,15). The summed E-state index contributed by atoms with van der Waals surface area (Å²) in [6, 6.07) is 2.73. The topological polar surface area (TPSA) is 94.9 Å². The fourth-order valence-corrected chi connectivity index (χ4v) is 1.76. The summed E-state index contributed by atoms with van der Waals surface area (Å²) in [4.78, 5) is 16.2. The molecular weight excluding hydrogens is 218 g/mol. The molecule has 0 aliphatic carbocycles. The van der Waals surface area contributed by atoms with Gasteiger partial charge in [-0.25, -0.2) is 4.79 Å². The molecule has 0 saturated carbocycles. The highest BCUT2D eigenvalue weighted by Crippen LogP contribution is 2.25. The molecular formula is C9H10ClN3O2. The molecule has 2 rings (SSSR count). The number of aliphatic hydroxyl groups excluding tert-OH is 1. The van der Waals surface area contributed by atoms with E-state index in [0.29, 0.717) is 21.6 Å². The molecule has 5 nitrogen and oxygen atoms in total. The molecule has 1 aromatic heterocycles. The summed E-state index contributed by atoms with van der Waals surface area (Å²) in [5, 5.41) is 9.36. The lowest BCUT2D eigenvalue weighted by Crippen LogP contribution is -2.14. The summed E-state index contributed by atoms with van der Waals surface area (Å²) in [5.74, 6) is 0. The Kier molecular flexibility index (Phi) is 2.52. The SMILES string of the molecule is NC(CO)c1cc2[nH]c(=O)[nH]c2cc1Cl. The number of nitrogens with one attached hydrogen (secondary N) is 2. The van der Waals surface area contributed by atoms with Crippen LogP contribution >= 0.6 is 11.6 Å². The molecule has 1 aromatic carbocycles. The Balaban J connectivity index is 2.66. The molecule has 0 spiro atoms. The molecule has 6 heteroatoms. The van der Waals surface area contributed by atoms with E-state index in [-0.39, 0.29) is 12.3 Å². The van der Waals surface area contributed by atoms with E-state index in [2.05, 4.69) is 9.97 Å². The van der Waals surface area contributed by atoms with Gasteiger partial charge >= 0.3 is 5.69 Å². The average Bonchev–Trinajstić information content (AvgIpc) is 2.55. The van der Waals surface area contributed by atoms with Gasteiger partial charge in [0.1, 0.15) is 0 Å². The van der Waals surface area contributed by atoms with Crippen LogP contribution in [0.3, 0.4) is 0 Å². The second-order valence-corrected chi connectivity index (χ2v) is 3.69. The summed E-state index contributed by atoms with van der Waals surface area (Å²) >= 11 is 5.96. The largest absolute Gasteiger partial charge is 0.394 e. The van der Waals surface area contributed by atoms with Crippen molar-refractivity contribution in [2.24, 2.45) is 5.73 Å². The third-order valence-electron chi connectivity index (χ3n) is 2.23. The molecule has 0 amide bonds. The van der Waals surface area contributed by atoms with Crippen molar-refractivity contribution in [2.75, 3.05) is 6.61 Å². The van der Waals surface area contributed by atoms with Crippen LogP contribution < -0.4 is 11.4 Å². The van der Waals surface area contributed by atoms with Crippen molar-refractivity contribution in [2.45, 2.75) is 6.04 Å². The number of nitrogens with two attached hydrogens (primary N) is 1. The fourth-order valence-electron chi connectivity index (χ4n) is 1.46. The molecule has 1 atom stereocenters. The third kappa shape index (κ3) is 1.77. The number of aromatic amines is 2. The van der Waals surface area contributed by atoms with E-state index in [4.69, 9.17) is 22.4 Å². The predicted octanol–water partition coefficient (Wildman–Crippen LogP) is 0.502. The van der Waals surface area contributed by atoms with E-state index in [0.717, 1.165) is 0 Å². The fraction of sp³-hybridized carbons (Fsp3) is 0.222. The molecule has 0 bridgehead atoms. The second-order valence-electron chi connectivity index (χ2n) is 3.29. The Morgan fingerprint density at radius 2 is 2.00 bits per heavy atom. The maximum absolute atomic E-state index is 11.0. The number of aliphatic hydroxyl groups is 1. The number of aromatic nitrogens is 2. The molecule has 0 saturated heterocycles. The zero-order valence-electron chi connectivity index (χ0n) is 7.75. The number of hydrogen-bond donors (Lipinski definition) is 4. The monoisotopic (exact) mass is 227 g/mol. The number of fused-ring (bicyclic) bond motifs is 1. The molecule has 0 aliphatic rings. The smallest absolute Gasteiger partial charge is 0.323 e. The Hall–Kier alpha value is -1.30. The van der Waals surface area contributed by atoms with Crippen molar-refractivity contribution >= 4 is 22.6 Å². The molecule has 5 N–H and O–H groups in total. The van der Waals surface area contributed by atoms with Gasteiger partial charge in [0, 0.05) is 5.02 Å². The molecule has 2 aromatic rings. The van der Waals surface area contributed by atoms with Gasteiger partial charge < -0.3 is 20.8 Å². The van der Waals surface area contributed by atoms with Gasteiger partial charge in [-0.3, -0.25) is 0 Å². The van der Waals surface area contributed by atoms with Crippen molar-refractivity contribution in [3.8, 4) is 0 Å². The lowest BCUT2D eigenvalue weighted by atomic mass is 10.1. The molecule has 0 aliphatic heterocycles. The van der Waals surface area contributed by atoms with Crippen LogP contribution in [0.4, 0.5) is 0 Å². The highest BCUT2D eigenvalue weighted by Gasteiger charge is 2.11. The van der Waals surface area contributed by atoms with Crippen molar-refractivity contribution in [3.63, 3.8) is 0 Å². The number of imidazole rings is 1. The summed E-state index contributed by atoms with van der Waals surface area (Å²) in [7, 11) is 0. The number of hydrogen-bond acceptors (Lipinski definition) is 3. The van der Waals surface area contributed by atoms with Crippen LogP contribution in [0.15, 0.2) is 16.9 Å². The quantitative estimate of drug-likeness (QED) is 0.602. The van der Waals surface area contributed by atoms with E-state index < -0.39 is 6.04 Å². The first-order valence-electron chi connectivity index (χ1n) is 4.39. The van der Waals surface area contributed by atoms with Gasteiger partial charge in [-0.05, 0) is 17.7 Å². The van der Waals surface area contributed by atoms with Gasteiger partial charge in [0.05, 0.1) is 23.7 Å². The third-order valence-corrected chi connectivity index (χ3v) is 2.56. The highest BCUT2D eigenvalue weighted by molar-refractivity contribution is 6.32. The lowest BCUT2D eigenvalue weighted by molar-refractivity contribution is 0.268. The van der Waals surface area contributed by atoms with Crippen molar-refractivity contribution in [1.29, 1.82) is 0 Å². The minimum atomic E-state index is -0.541. The van der Waals surface area contributed by atoms with Crippen LogP contribution in [-0.4, -0.2) is 21.7 Å². The molecule has 1 unspecified atom stereocenters. The maximum atomic E-state index is 11.0. The zero-order valence-corrected chi connectivity index (χ0v) is 8.51. The first-order valence-corrected chi connectivity index (χ1v) is 4.77. The van der Waals surface area contributed by atoms with E-state index in [1.54, 1.807) is 12.1 Å². The maximum Gasteiger partial charge on any atom is 0.323 e. The average molecular weight is 228 g/mol. The summed E-state index contributed by atoms with van der Waals surface area (Å²) in [6.07, 6.45) is 0. The lowest BCUT2D eigenvalue weighted by Gasteiger charge is -2.10. The number of benzene rings is 1. The molecule has 80 valence electrons. The molecule has 0 radical (unpaired) electrons. The van der Waals surface area contributed by atoms with Gasteiger partial charge in [-0.1, -0.05) is 11.6 Å². The Labute approximate surface area is 89.9 Å². The van der Waals surface area contributed by atoms with Gasteiger partial charge in [0.2, 0.25) is 0 Å². The van der Waals surface area contributed by atoms with Gasteiger partial charge in [0.25, 0.3) is 0 Å². The van der Waals surface area contributed by atoms with Crippen molar-refractivity contribution in [1.82, 2.24) is 9.97 Å². The Bertz CT molecular complexity index is 546. The summed E-state index contributed by atoms with van der Waals surface area (Å²) in [5.41, 5.74) is 7.23. The van der Waals surface area contributed by atoms with Gasteiger partial charge in [0.15, 0.2) is 0 Å². The minimum absolute atomic E-state index is 0.195. The minimum Gasteiger partial charge on any atom is -0.394 e. The Morgan fingerprint density at radius 1 is 1.40 bits per heavy atom. The van der Waals surface area contributed by atoms with Crippen LogP contribution in [0.5, 0.6) is 0 Å². The number of halogens is 1. The molecule has 0 fully saturated rings. The number of rotatable bonds is 2. The highest BCUT2D eigenvalue weighted by atomic mass is 35.5. The van der Waals surface area contributed by atoms with Crippen molar-refractivity contribution in [3.05, 3.63) is 33.2 Å². The van der Waals surface area contributed by atoms with Gasteiger partial charge in [-0.15, -0.1) is 0 Å². The van der Waals surface area contributed by atoms with Crippen LogP contribution in [0.25, 0.3) is 11.0 Å². The van der Waals surface area contributed by atoms with Crippen LogP contribution in [-0.2, 0) is 0 Å². The molecule has 15 heavy (non-hydrogen) atoms. The number of H-pyrrole nitrogens is 2. The van der Waals surface area contributed by atoms with E-state index in [1.807, 2.05) is 0 Å². The zero-order chi connectivity index (χ0) is 11.0. The first kappa shape index (κ1) is 10.2. The first-order chi connectivity index (χ1) is 7.11. The summed E-state index contributed by atoms with van der Waals surface area (Å²) in [6.45, 7) is -0.195. The van der Waals surface area contributed by atoms with E-state index >= 15 is 0 Å². The van der Waals surface area contributed by atoms with Crippen LogP contribution in [0, 0.1) is 0 Å². The normalized spacial score (nSPS) is 13.3. The Morgan fingerprint density at radius 3 is 2.60 bits per heavy atom. The van der Waals surface area contributed by atoms with Crippen LogP contribution in [0.1, 0.15) is 11.6 Å². The molecule has 1 heterocycles. The van der Waals surface area contributed by atoms with Crippen LogP contribution in [0.2, 0.25) is 5.02 Å².